The number of imidazole rings is 1. The Labute approximate surface area is 160 Å². The van der Waals surface area contributed by atoms with E-state index in [0.29, 0.717) is 0 Å². The van der Waals surface area contributed by atoms with Crippen molar-refractivity contribution < 1.29 is 0 Å². The molecule has 0 amide bonds. The summed E-state index contributed by atoms with van der Waals surface area (Å²) in [5.74, 6) is 1.81. The molecule has 4 heterocycles. The Morgan fingerprint density at radius 2 is 1.63 bits per heavy atom. The fourth-order valence-corrected chi connectivity index (χ4v) is 3.30. The Balaban J connectivity index is 1.52. The molecule has 7 nitrogen and oxygen atoms in total. The van der Waals surface area contributed by atoms with Gasteiger partial charge < -0.3 is 9.80 Å². The van der Waals surface area contributed by atoms with Crippen molar-refractivity contribution in [3.05, 3.63) is 42.0 Å². The van der Waals surface area contributed by atoms with Crippen molar-refractivity contribution in [2.45, 2.75) is 39.5 Å². The largest absolute Gasteiger partial charge is 0.353 e. The Bertz CT molecular complexity index is 924. The summed E-state index contributed by atoms with van der Waals surface area (Å²) in [7, 11) is 0. The zero-order chi connectivity index (χ0) is 19.0. The lowest BCUT2D eigenvalue weighted by Gasteiger charge is -2.22. The summed E-state index contributed by atoms with van der Waals surface area (Å²) in [6.45, 7) is 12.3. The van der Waals surface area contributed by atoms with Gasteiger partial charge in [0.1, 0.15) is 5.82 Å². The van der Waals surface area contributed by atoms with Gasteiger partial charge in [-0.2, -0.15) is 0 Å². The summed E-state index contributed by atoms with van der Waals surface area (Å²) >= 11 is 0. The van der Waals surface area contributed by atoms with E-state index < -0.39 is 0 Å². The van der Waals surface area contributed by atoms with Gasteiger partial charge in [-0.15, -0.1) is 5.10 Å². The van der Waals surface area contributed by atoms with Crippen LogP contribution in [0.15, 0.2) is 30.7 Å². The summed E-state index contributed by atoms with van der Waals surface area (Å²) < 4.78 is 1.90. The van der Waals surface area contributed by atoms with Crippen LogP contribution in [0.5, 0.6) is 0 Å². The first kappa shape index (κ1) is 17.7. The first-order valence-corrected chi connectivity index (χ1v) is 9.56. The number of aromatic nitrogens is 5. The molecule has 27 heavy (non-hydrogen) atoms. The van der Waals surface area contributed by atoms with Gasteiger partial charge in [-0.1, -0.05) is 20.8 Å². The van der Waals surface area contributed by atoms with Crippen LogP contribution in [0.4, 0.5) is 11.8 Å². The van der Waals surface area contributed by atoms with E-state index in [1.165, 1.54) is 0 Å². The van der Waals surface area contributed by atoms with Crippen molar-refractivity contribution in [1.29, 1.82) is 0 Å². The van der Waals surface area contributed by atoms with Gasteiger partial charge in [0.2, 0.25) is 5.95 Å². The van der Waals surface area contributed by atoms with Gasteiger partial charge in [-0.3, -0.25) is 0 Å². The molecule has 1 fully saturated rings. The minimum atomic E-state index is 0.0189. The number of aryl methyl sites for hydroxylation is 1. The van der Waals surface area contributed by atoms with E-state index in [0.717, 1.165) is 61.3 Å². The minimum absolute atomic E-state index is 0.0189. The van der Waals surface area contributed by atoms with Crippen LogP contribution in [0.25, 0.3) is 5.65 Å². The maximum Gasteiger partial charge on any atom is 0.225 e. The molecule has 0 unspecified atom stereocenters. The van der Waals surface area contributed by atoms with Crippen molar-refractivity contribution in [3.8, 4) is 0 Å². The molecule has 0 N–H and O–H groups in total. The van der Waals surface area contributed by atoms with Crippen molar-refractivity contribution in [2.75, 3.05) is 36.0 Å². The third-order valence-electron chi connectivity index (χ3n) is 4.94. The van der Waals surface area contributed by atoms with Crippen LogP contribution in [0.3, 0.4) is 0 Å². The van der Waals surface area contributed by atoms with Crippen molar-refractivity contribution >= 4 is 17.4 Å². The van der Waals surface area contributed by atoms with E-state index in [1.54, 1.807) is 0 Å². The molecule has 3 aromatic heterocycles. The zero-order valence-electron chi connectivity index (χ0n) is 16.6. The molecule has 4 rings (SSSR count). The second-order valence-electron chi connectivity index (χ2n) is 8.26. The average molecular weight is 365 g/mol. The van der Waals surface area contributed by atoms with E-state index in [9.17, 15) is 0 Å². The molecule has 0 spiro atoms. The van der Waals surface area contributed by atoms with Crippen LogP contribution in [0.2, 0.25) is 0 Å². The normalized spacial score (nSPS) is 16.0. The predicted molar refractivity (Wildman–Crippen MR) is 107 cm³/mol. The Morgan fingerprint density at radius 3 is 2.37 bits per heavy atom. The molecule has 1 aliphatic rings. The van der Waals surface area contributed by atoms with Crippen molar-refractivity contribution in [1.82, 2.24) is 24.6 Å². The fourth-order valence-electron chi connectivity index (χ4n) is 3.30. The van der Waals surface area contributed by atoms with Gasteiger partial charge in [0, 0.05) is 44.0 Å². The van der Waals surface area contributed by atoms with E-state index in [2.05, 4.69) is 52.7 Å². The molecule has 0 saturated carbocycles. The summed E-state index contributed by atoms with van der Waals surface area (Å²) in [5.41, 5.74) is 3.06. The van der Waals surface area contributed by atoms with Gasteiger partial charge in [-0.05, 0) is 31.0 Å². The lowest BCUT2D eigenvalue weighted by Crippen LogP contribution is -2.32. The van der Waals surface area contributed by atoms with E-state index in [-0.39, 0.29) is 5.41 Å². The second-order valence-corrected chi connectivity index (χ2v) is 8.26. The predicted octanol–water partition coefficient (Wildman–Crippen LogP) is 2.84. The van der Waals surface area contributed by atoms with Crippen LogP contribution in [-0.4, -0.2) is 50.7 Å². The molecule has 142 valence electrons. The van der Waals surface area contributed by atoms with Gasteiger partial charge in [0.15, 0.2) is 5.65 Å². The van der Waals surface area contributed by atoms with E-state index in [4.69, 9.17) is 10.1 Å². The van der Waals surface area contributed by atoms with Gasteiger partial charge in [-0.25, -0.2) is 19.5 Å². The summed E-state index contributed by atoms with van der Waals surface area (Å²) in [4.78, 5) is 18.3. The lowest BCUT2D eigenvalue weighted by atomic mass is 9.93. The molecule has 1 aliphatic heterocycles. The van der Waals surface area contributed by atoms with Crippen molar-refractivity contribution in [2.24, 2.45) is 0 Å². The second kappa shape index (κ2) is 6.79. The standard InChI is InChI=1S/C20H27N7/c1-15-12-21-19(22-13-15)26-9-5-8-25(10-11-26)18-7-6-17-23-16(20(2,3)4)14-27(17)24-18/h6-7,12-14H,5,8-11H2,1-4H3. The fraction of sp³-hybridized carbons (Fsp3) is 0.500. The number of fused-ring (bicyclic) bond motifs is 1. The molecule has 3 aromatic rings. The Hall–Kier alpha value is -2.70. The lowest BCUT2D eigenvalue weighted by molar-refractivity contribution is 0.572. The molecule has 7 heteroatoms. The summed E-state index contributed by atoms with van der Waals surface area (Å²) in [6.07, 6.45) is 6.86. The number of rotatable bonds is 2. The average Bonchev–Trinajstić information content (AvgIpc) is 2.92. The molecular weight excluding hydrogens is 338 g/mol. The highest BCUT2D eigenvalue weighted by molar-refractivity contribution is 5.48. The molecule has 0 radical (unpaired) electrons. The highest BCUT2D eigenvalue weighted by atomic mass is 15.3. The minimum Gasteiger partial charge on any atom is -0.353 e. The summed E-state index contributed by atoms with van der Waals surface area (Å²) in [5, 5.41) is 4.81. The third kappa shape index (κ3) is 3.72. The van der Waals surface area contributed by atoms with Crippen molar-refractivity contribution in [3.63, 3.8) is 0 Å². The Kier molecular flexibility index (Phi) is 4.45. The van der Waals surface area contributed by atoms with Gasteiger partial charge >= 0.3 is 0 Å². The van der Waals surface area contributed by atoms with Gasteiger partial charge in [0.25, 0.3) is 0 Å². The Morgan fingerprint density at radius 1 is 0.926 bits per heavy atom. The number of nitrogens with zero attached hydrogens (tertiary/aromatic N) is 7. The van der Waals surface area contributed by atoms with E-state index >= 15 is 0 Å². The molecule has 1 saturated heterocycles. The quantitative estimate of drug-likeness (QED) is 0.696. The maximum atomic E-state index is 4.81. The van der Waals surface area contributed by atoms with Gasteiger partial charge in [0.05, 0.1) is 11.9 Å². The monoisotopic (exact) mass is 365 g/mol. The maximum absolute atomic E-state index is 4.81. The topological polar surface area (TPSA) is 62.5 Å². The molecule has 0 aliphatic carbocycles. The number of anilines is 2. The van der Waals surface area contributed by atoms with E-state index in [1.807, 2.05) is 30.0 Å². The molecule has 0 aromatic carbocycles. The highest BCUT2D eigenvalue weighted by Gasteiger charge is 2.20. The van der Waals surface area contributed by atoms with Crippen LogP contribution in [-0.2, 0) is 5.41 Å². The van der Waals surface area contributed by atoms with Crippen LogP contribution in [0, 0.1) is 6.92 Å². The molecule has 0 atom stereocenters. The first-order valence-electron chi connectivity index (χ1n) is 9.56. The zero-order valence-corrected chi connectivity index (χ0v) is 16.6. The number of hydrogen-bond donors (Lipinski definition) is 0. The summed E-state index contributed by atoms with van der Waals surface area (Å²) in [6, 6.07) is 4.14. The third-order valence-corrected chi connectivity index (χ3v) is 4.94. The van der Waals surface area contributed by atoms with Crippen LogP contribution < -0.4 is 9.80 Å². The molecular formula is C20H27N7. The van der Waals surface area contributed by atoms with Crippen LogP contribution >= 0.6 is 0 Å². The van der Waals surface area contributed by atoms with Crippen LogP contribution in [0.1, 0.15) is 38.4 Å². The smallest absolute Gasteiger partial charge is 0.225 e. The SMILES string of the molecule is Cc1cnc(N2CCCN(c3ccc4nc(C(C)(C)C)cn4n3)CC2)nc1. The first-order chi connectivity index (χ1) is 12.9. The highest BCUT2D eigenvalue weighted by Crippen LogP contribution is 2.22. The number of hydrogen-bond acceptors (Lipinski definition) is 6. The molecule has 0 bridgehead atoms.